The first kappa shape index (κ1) is 13.9. The van der Waals surface area contributed by atoms with E-state index in [9.17, 15) is 14.5 Å². The first-order valence-electron chi connectivity index (χ1n) is 6.68. The van der Waals surface area contributed by atoms with Gasteiger partial charge in [-0.25, -0.2) is 0 Å². The van der Waals surface area contributed by atoms with E-state index >= 15 is 0 Å². The molecule has 0 aliphatic carbocycles. The lowest BCUT2D eigenvalue weighted by Gasteiger charge is -2.39. The van der Waals surface area contributed by atoms with Crippen LogP contribution in [0, 0.1) is 15.9 Å². The summed E-state index contributed by atoms with van der Waals surface area (Å²) in [6.45, 7) is 4.70. The molecule has 1 saturated heterocycles. The lowest BCUT2D eigenvalue weighted by molar-refractivity contribution is -0.387. The molecule has 0 saturated carbocycles. The van der Waals surface area contributed by atoms with E-state index in [-0.39, 0.29) is 0 Å². The molecule has 0 aromatic heterocycles. The average Bonchev–Trinajstić information content (AvgIpc) is 2.35. The van der Waals surface area contributed by atoms with Crippen LogP contribution in [0.15, 0.2) is 18.2 Å². The second kappa shape index (κ2) is 5.65. The van der Waals surface area contributed by atoms with Crippen LogP contribution in [-0.4, -0.2) is 21.9 Å². The smallest absolute Gasteiger partial charge is 0.294 e. The minimum atomic E-state index is -0.697. The van der Waals surface area contributed by atoms with Gasteiger partial charge in [-0.2, -0.15) is 4.39 Å². The highest BCUT2D eigenvalue weighted by atomic mass is 19.1. The second-order valence-corrected chi connectivity index (χ2v) is 5.31. The molecule has 1 aliphatic heterocycles. The van der Waals surface area contributed by atoms with Gasteiger partial charge in [0.05, 0.1) is 4.92 Å². The van der Waals surface area contributed by atoms with Crippen LogP contribution < -0.4 is 0 Å². The van der Waals surface area contributed by atoms with Crippen molar-refractivity contribution < 1.29 is 9.31 Å². The predicted molar refractivity (Wildman–Crippen MR) is 71.4 cm³/mol. The highest BCUT2D eigenvalue weighted by molar-refractivity contribution is 5.36. The number of halogens is 1. The fourth-order valence-electron chi connectivity index (χ4n) is 2.81. The molecule has 0 unspecified atom stereocenters. The van der Waals surface area contributed by atoms with E-state index in [2.05, 4.69) is 18.7 Å². The van der Waals surface area contributed by atoms with Gasteiger partial charge >= 0.3 is 5.69 Å². The van der Waals surface area contributed by atoms with Gasteiger partial charge in [0.2, 0.25) is 5.82 Å². The van der Waals surface area contributed by atoms with Crippen molar-refractivity contribution in [2.24, 2.45) is 0 Å². The summed E-state index contributed by atoms with van der Waals surface area (Å²) in [5.41, 5.74) is -0.0235. The minimum absolute atomic E-state index is 0.391. The van der Waals surface area contributed by atoms with Crippen molar-refractivity contribution in [3.05, 3.63) is 39.7 Å². The van der Waals surface area contributed by atoms with E-state index in [1.165, 1.54) is 12.5 Å². The summed E-state index contributed by atoms with van der Waals surface area (Å²) in [5, 5.41) is 10.7. The van der Waals surface area contributed by atoms with E-state index in [0.29, 0.717) is 24.2 Å². The number of rotatable bonds is 3. The number of hydrogen-bond acceptors (Lipinski definition) is 3. The molecular formula is C14H19FN2O2. The van der Waals surface area contributed by atoms with E-state index < -0.39 is 16.4 Å². The molecular weight excluding hydrogens is 247 g/mol. The van der Waals surface area contributed by atoms with Crippen molar-refractivity contribution >= 4 is 5.69 Å². The molecule has 1 fully saturated rings. The highest BCUT2D eigenvalue weighted by Crippen LogP contribution is 2.27. The quantitative estimate of drug-likeness (QED) is 0.621. The Kier molecular flexibility index (Phi) is 4.14. The van der Waals surface area contributed by atoms with Crippen LogP contribution in [0.1, 0.15) is 38.7 Å². The Morgan fingerprint density at radius 1 is 1.37 bits per heavy atom. The van der Waals surface area contributed by atoms with Gasteiger partial charge < -0.3 is 0 Å². The van der Waals surface area contributed by atoms with Gasteiger partial charge in [0.15, 0.2) is 0 Å². The lowest BCUT2D eigenvalue weighted by atomic mass is 9.96. The summed E-state index contributed by atoms with van der Waals surface area (Å²) in [6, 6.07) is 5.18. The molecule has 0 amide bonds. The van der Waals surface area contributed by atoms with Gasteiger partial charge in [0.1, 0.15) is 0 Å². The molecule has 2 rings (SSSR count). The number of nitro groups is 1. The van der Waals surface area contributed by atoms with Crippen LogP contribution in [0.4, 0.5) is 10.1 Å². The first-order chi connectivity index (χ1) is 9.00. The third-order valence-corrected chi connectivity index (χ3v) is 3.98. The van der Waals surface area contributed by atoms with E-state index in [0.717, 1.165) is 12.8 Å². The topological polar surface area (TPSA) is 46.4 Å². The molecule has 1 aliphatic rings. The van der Waals surface area contributed by atoms with E-state index in [1.807, 2.05) is 0 Å². The van der Waals surface area contributed by atoms with Gasteiger partial charge in [-0.3, -0.25) is 15.0 Å². The van der Waals surface area contributed by atoms with Crippen molar-refractivity contribution in [2.75, 3.05) is 0 Å². The van der Waals surface area contributed by atoms with Gasteiger partial charge in [-0.05, 0) is 26.7 Å². The van der Waals surface area contributed by atoms with Crippen molar-refractivity contribution in [1.82, 2.24) is 4.90 Å². The Bertz CT molecular complexity index is 469. The Balaban J connectivity index is 2.23. The zero-order chi connectivity index (χ0) is 14.0. The molecule has 2 atom stereocenters. The first-order valence-corrected chi connectivity index (χ1v) is 6.68. The second-order valence-electron chi connectivity index (χ2n) is 5.31. The number of hydrogen-bond donors (Lipinski definition) is 0. The van der Waals surface area contributed by atoms with Crippen molar-refractivity contribution in [3.63, 3.8) is 0 Å². The van der Waals surface area contributed by atoms with Gasteiger partial charge in [-0.15, -0.1) is 0 Å². The Morgan fingerprint density at radius 2 is 2.00 bits per heavy atom. The van der Waals surface area contributed by atoms with Crippen LogP contribution >= 0.6 is 0 Å². The summed E-state index contributed by atoms with van der Waals surface area (Å²) in [6.07, 6.45) is 3.39. The minimum Gasteiger partial charge on any atom is -0.294 e. The number of nitrogens with zero attached hydrogens (tertiary/aromatic N) is 2. The van der Waals surface area contributed by atoms with Crippen molar-refractivity contribution in [3.8, 4) is 0 Å². The highest BCUT2D eigenvalue weighted by Gasteiger charge is 2.27. The molecule has 1 aromatic rings. The number of likely N-dealkylation sites (tertiary alicyclic amines) is 1. The molecule has 0 bridgehead atoms. The van der Waals surface area contributed by atoms with Crippen LogP contribution in [-0.2, 0) is 6.54 Å². The standard InChI is InChI=1S/C14H19FN2O2/c1-10-5-3-6-11(2)16(10)9-12-7-4-8-13(14(12)15)17(18)19/h4,7-8,10-11H,3,5-6,9H2,1-2H3/t10-,11+. The maximum Gasteiger partial charge on any atom is 0.305 e. The third kappa shape index (κ3) is 2.92. The predicted octanol–water partition coefficient (Wildman–Crippen LogP) is 3.50. The fourth-order valence-corrected chi connectivity index (χ4v) is 2.81. The monoisotopic (exact) mass is 266 g/mol. The van der Waals surface area contributed by atoms with Gasteiger partial charge in [0.25, 0.3) is 0 Å². The summed E-state index contributed by atoms with van der Waals surface area (Å²) in [5.74, 6) is -0.697. The number of nitro benzene ring substituents is 1. The maximum absolute atomic E-state index is 14.1. The zero-order valence-electron chi connectivity index (χ0n) is 11.3. The van der Waals surface area contributed by atoms with E-state index in [1.54, 1.807) is 12.1 Å². The molecule has 104 valence electrons. The SMILES string of the molecule is C[C@@H]1CCC[C@H](C)N1Cc1cccc([N+](=O)[O-])c1F. The Morgan fingerprint density at radius 3 is 2.58 bits per heavy atom. The maximum atomic E-state index is 14.1. The third-order valence-electron chi connectivity index (χ3n) is 3.98. The van der Waals surface area contributed by atoms with Gasteiger partial charge in [0, 0.05) is 30.3 Å². The van der Waals surface area contributed by atoms with Crippen LogP contribution in [0.2, 0.25) is 0 Å². The summed E-state index contributed by atoms with van der Waals surface area (Å²) >= 11 is 0. The molecule has 1 heterocycles. The zero-order valence-corrected chi connectivity index (χ0v) is 11.3. The largest absolute Gasteiger partial charge is 0.305 e. The van der Waals surface area contributed by atoms with Crippen LogP contribution in [0.25, 0.3) is 0 Å². The van der Waals surface area contributed by atoms with E-state index in [4.69, 9.17) is 0 Å². The Hall–Kier alpha value is -1.49. The molecule has 19 heavy (non-hydrogen) atoms. The molecule has 0 spiro atoms. The van der Waals surface area contributed by atoms with Crippen molar-refractivity contribution in [2.45, 2.75) is 51.7 Å². The molecule has 0 N–H and O–H groups in total. The van der Waals surface area contributed by atoms with Crippen LogP contribution in [0.3, 0.4) is 0 Å². The van der Waals surface area contributed by atoms with Crippen molar-refractivity contribution in [1.29, 1.82) is 0 Å². The molecule has 5 heteroatoms. The normalized spacial score (nSPS) is 24.4. The number of piperidine rings is 1. The molecule has 4 nitrogen and oxygen atoms in total. The summed E-state index contributed by atoms with van der Waals surface area (Å²) in [4.78, 5) is 12.3. The molecule has 1 aromatic carbocycles. The summed E-state index contributed by atoms with van der Waals surface area (Å²) < 4.78 is 14.1. The molecule has 0 radical (unpaired) electrons. The average molecular weight is 266 g/mol. The fraction of sp³-hybridized carbons (Fsp3) is 0.571. The number of benzene rings is 1. The lowest BCUT2D eigenvalue weighted by Crippen LogP contribution is -2.43. The van der Waals surface area contributed by atoms with Crippen LogP contribution in [0.5, 0.6) is 0 Å². The Labute approximate surface area is 112 Å². The van der Waals surface area contributed by atoms with Gasteiger partial charge in [-0.1, -0.05) is 18.6 Å². The summed E-state index contributed by atoms with van der Waals surface area (Å²) in [7, 11) is 0.